The average molecular weight is 174 g/mol. The van der Waals surface area contributed by atoms with Gasteiger partial charge in [0, 0.05) is 19.5 Å². The summed E-state index contributed by atoms with van der Waals surface area (Å²) < 4.78 is 12.6. The third kappa shape index (κ3) is 2.44. The van der Waals surface area contributed by atoms with Crippen LogP contribution in [0.2, 0.25) is 0 Å². The van der Waals surface area contributed by atoms with Crippen LogP contribution >= 0.6 is 0 Å². The molecule has 1 heterocycles. The van der Waals surface area contributed by atoms with Gasteiger partial charge in [-0.25, -0.2) is 4.39 Å². The second-order valence-corrected chi connectivity index (χ2v) is 3.08. The smallest absolute Gasteiger partial charge is 0.237 e. The number of halogens is 1. The van der Waals surface area contributed by atoms with Gasteiger partial charge in [-0.2, -0.15) is 0 Å². The minimum atomic E-state index is -0.859. The number of hydrogen-bond donors (Lipinski definition) is 2. The zero-order valence-electron chi connectivity index (χ0n) is 7.27. The van der Waals surface area contributed by atoms with Crippen LogP contribution in [0.5, 0.6) is 0 Å². The number of nitrogens with one attached hydrogen (secondary N) is 2. The summed E-state index contributed by atoms with van der Waals surface area (Å²) in [5.41, 5.74) is 0. The molecule has 1 saturated heterocycles. The zero-order chi connectivity index (χ0) is 8.97. The molecule has 0 spiro atoms. The van der Waals surface area contributed by atoms with Crippen LogP contribution in [0.25, 0.3) is 0 Å². The second kappa shape index (κ2) is 4.40. The number of hydrogen-bond acceptors (Lipinski definition) is 2. The maximum absolute atomic E-state index is 12.6. The summed E-state index contributed by atoms with van der Waals surface area (Å²) in [5.74, 6) is -0.0722. The van der Waals surface area contributed by atoms with E-state index in [4.69, 9.17) is 0 Å². The van der Waals surface area contributed by atoms with Crippen molar-refractivity contribution in [2.45, 2.75) is 32.0 Å². The molecule has 12 heavy (non-hydrogen) atoms. The summed E-state index contributed by atoms with van der Waals surface area (Å²) in [5, 5.41) is 5.55. The standard InChI is InChI=1S/C8H15FN2O/c1-2-3-10-8(12)7-4-6(9)5-11-7/h6-7,11H,2-5H2,1H3,(H,10,12)/t6-,7+/m0/s1. The Kier molecular flexibility index (Phi) is 3.47. The highest BCUT2D eigenvalue weighted by Gasteiger charge is 2.28. The van der Waals surface area contributed by atoms with E-state index in [9.17, 15) is 9.18 Å². The summed E-state index contributed by atoms with van der Waals surface area (Å²) in [4.78, 5) is 11.2. The van der Waals surface area contributed by atoms with Gasteiger partial charge in [0.25, 0.3) is 0 Å². The Morgan fingerprint density at radius 3 is 3.00 bits per heavy atom. The van der Waals surface area contributed by atoms with Gasteiger partial charge in [0.2, 0.25) is 5.91 Å². The minimum Gasteiger partial charge on any atom is -0.355 e. The highest BCUT2D eigenvalue weighted by atomic mass is 19.1. The van der Waals surface area contributed by atoms with E-state index in [2.05, 4.69) is 10.6 Å². The molecule has 0 bridgehead atoms. The molecule has 0 unspecified atom stereocenters. The van der Waals surface area contributed by atoms with Crippen molar-refractivity contribution in [1.82, 2.24) is 10.6 Å². The lowest BCUT2D eigenvalue weighted by atomic mass is 10.2. The van der Waals surface area contributed by atoms with Crippen molar-refractivity contribution in [1.29, 1.82) is 0 Å². The number of alkyl halides is 1. The van der Waals surface area contributed by atoms with Gasteiger partial charge >= 0.3 is 0 Å². The molecule has 0 aromatic heterocycles. The van der Waals surface area contributed by atoms with Gasteiger partial charge in [-0.15, -0.1) is 0 Å². The summed E-state index contributed by atoms with van der Waals surface area (Å²) >= 11 is 0. The van der Waals surface area contributed by atoms with E-state index < -0.39 is 6.17 Å². The van der Waals surface area contributed by atoms with Crippen LogP contribution in [0.3, 0.4) is 0 Å². The van der Waals surface area contributed by atoms with Crippen LogP contribution in [0.4, 0.5) is 4.39 Å². The first-order valence-corrected chi connectivity index (χ1v) is 4.39. The molecule has 1 aliphatic rings. The Hall–Kier alpha value is -0.640. The van der Waals surface area contributed by atoms with E-state index >= 15 is 0 Å². The summed E-state index contributed by atoms with van der Waals surface area (Å²) in [7, 11) is 0. The lowest BCUT2D eigenvalue weighted by Crippen LogP contribution is -2.40. The lowest BCUT2D eigenvalue weighted by Gasteiger charge is -2.09. The molecule has 3 nitrogen and oxygen atoms in total. The number of carbonyl (C=O) groups is 1. The van der Waals surface area contributed by atoms with Gasteiger partial charge in [0.05, 0.1) is 6.04 Å². The first-order chi connectivity index (χ1) is 5.74. The monoisotopic (exact) mass is 174 g/mol. The van der Waals surface area contributed by atoms with Gasteiger partial charge in [0.15, 0.2) is 0 Å². The van der Waals surface area contributed by atoms with Gasteiger partial charge in [0.1, 0.15) is 6.17 Å². The minimum absolute atomic E-state index is 0.0722. The first kappa shape index (κ1) is 9.45. The molecule has 1 amide bonds. The molecule has 0 aromatic carbocycles. The third-order valence-electron chi connectivity index (χ3n) is 1.94. The van der Waals surface area contributed by atoms with Crippen LogP contribution in [-0.2, 0) is 4.79 Å². The van der Waals surface area contributed by atoms with Gasteiger partial charge < -0.3 is 10.6 Å². The molecule has 1 aliphatic heterocycles. The normalized spacial score (nSPS) is 28.8. The van der Waals surface area contributed by atoms with E-state index in [0.29, 0.717) is 19.5 Å². The molecule has 0 saturated carbocycles. The van der Waals surface area contributed by atoms with Crippen LogP contribution in [0.1, 0.15) is 19.8 Å². The molecule has 1 rings (SSSR count). The number of rotatable bonds is 3. The molecule has 0 aliphatic carbocycles. The largest absolute Gasteiger partial charge is 0.355 e. The van der Waals surface area contributed by atoms with Crippen molar-refractivity contribution < 1.29 is 9.18 Å². The quantitative estimate of drug-likeness (QED) is 0.642. The molecule has 4 heteroatoms. The van der Waals surface area contributed by atoms with E-state index in [-0.39, 0.29) is 11.9 Å². The molecule has 70 valence electrons. The topological polar surface area (TPSA) is 41.1 Å². The molecule has 0 aromatic rings. The van der Waals surface area contributed by atoms with Crippen molar-refractivity contribution in [2.75, 3.05) is 13.1 Å². The average Bonchev–Trinajstić information content (AvgIpc) is 2.47. The fourth-order valence-corrected chi connectivity index (χ4v) is 1.26. The SMILES string of the molecule is CCCNC(=O)[C@H]1C[C@H](F)CN1. The Balaban J connectivity index is 2.23. The highest BCUT2D eigenvalue weighted by Crippen LogP contribution is 2.09. The molecule has 2 atom stereocenters. The van der Waals surface area contributed by atoms with Crippen molar-refractivity contribution in [2.24, 2.45) is 0 Å². The lowest BCUT2D eigenvalue weighted by molar-refractivity contribution is -0.122. The highest BCUT2D eigenvalue weighted by molar-refractivity contribution is 5.82. The Morgan fingerprint density at radius 1 is 1.75 bits per heavy atom. The van der Waals surface area contributed by atoms with Crippen molar-refractivity contribution in [3.05, 3.63) is 0 Å². The summed E-state index contributed by atoms with van der Waals surface area (Å²) in [6.45, 7) is 2.97. The van der Waals surface area contributed by atoms with Crippen molar-refractivity contribution >= 4 is 5.91 Å². The molecule has 0 radical (unpaired) electrons. The molecular formula is C8H15FN2O. The van der Waals surface area contributed by atoms with Gasteiger partial charge in [-0.3, -0.25) is 4.79 Å². The number of amides is 1. The van der Waals surface area contributed by atoms with E-state index in [1.165, 1.54) is 0 Å². The Bertz CT molecular complexity index is 163. The first-order valence-electron chi connectivity index (χ1n) is 4.39. The van der Waals surface area contributed by atoms with E-state index in [0.717, 1.165) is 6.42 Å². The van der Waals surface area contributed by atoms with Crippen molar-refractivity contribution in [3.63, 3.8) is 0 Å². The van der Waals surface area contributed by atoms with Gasteiger partial charge in [-0.05, 0) is 6.42 Å². The molecule has 2 N–H and O–H groups in total. The van der Waals surface area contributed by atoms with Gasteiger partial charge in [-0.1, -0.05) is 6.92 Å². The Morgan fingerprint density at radius 2 is 2.50 bits per heavy atom. The predicted molar refractivity (Wildman–Crippen MR) is 44.6 cm³/mol. The predicted octanol–water partition coefficient (Wildman–Crippen LogP) is 0.213. The Labute approximate surface area is 71.7 Å². The molecular weight excluding hydrogens is 159 g/mol. The summed E-state index contributed by atoms with van der Waals surface area (Å²) in [6.07, 6.45) is 0.370. The number of carbonyl (C=O) groups excluding carboxylic acids is 1. The van der Waals surface area contributed by atoms with Crippen molar-refractivity contribution in [3.8, 4) is 0 Å². The van der Waals surface area contributed by atoms with Crippen LogP contribution in [0.15, 0.2) is 0 Å². The molecule has 1 fully saturated rings. The third-order valence-corrected chi connectivity index (χ3v) is 1.94. The van der Waals surface area contributed by atoms with Crippen LogP contribution < -0.4 is 10.6 Å². The fraction of sp³-hybridized carbons (Fsp3) is 0.875. The van der Waals surface area contributed by atoms with E-state index in [1.807, 2.05) is 6.92 Å². The van der Waals surface area contributed by atoms with Crippen LogP contribution in [0, 0.1) is 0 Å². The maximum Gasteiger partial charge on any atom is 0.237 e. The van der Waals surface area contributed by atoms with E-state index in [1.54, 1.807) is 0 Å². The zero-order valence-corrected chi connectivity index (χ0v) is 7.27. The second-order valence-electron chi connectivity index (χ2n) is 3.08. The maximum atomic E-state index is 12.6. The summed E-state index contributed by atoms with van der Waals surface area (Å²) in [6, 6.07) is -0.313. The van der Waals surface area contributed by atoms with Crippen LogP contribution in [-0.4, -0.2) is 31.2 Å². The fourth-order valence-electron chi connectivity index (χ4n) is 1.26.